The Morgan fingerprint density at radius 1 is 1.33 bits per heavy atom. The number of carbonyl (C=O) groups excluding carboxylic acids is 1. The lowest BCUT2D eigenvalue weighted by molar-refractivity contribution is 0.0531. The van der Waals surface area contributed by atoms with E-state index in [1.165, 1.54) is 18.2 Å². The standard InChI is InChI=1S/C13H18N2O3/c1-9-8-14(2)5-6-15(9)13(18)11-4-3-10(16)7-12(11)17/h3-4,7,9,16-17H,5-6,8H2,1-2H3. The predicted molar refractivity (Wildman–Crippen MR) is 67.8 cm³/mol. The van der Waals surface area contributed by atoms with Gasteiger partial charge in [-0.25, -0.2) is 0 Å². The molecule has 1 fully saturated rings. The summed E-state index contributed by atoms with van der Waals surface area (Å²) in [5.41, 5.74) is 0.240. The van der Waals surface area contributed by atoms with Crippen molar-refractivity contribution < 1.29 is 15.0 Å². The predicted octanol–water partition coefficient (Wildman–Crippen LogP) is 0.874. The number of piperazine rings is 1. The van der Waals surface area contributed by atoms with Gasteiger partial charge in [0.2, 0.25) is 0 Å². The third-order valence-electron chi connectivity index (χ3n) is 3.30. The minimum Gasteiger partial charge on any atom is -0.508 e. The van der Waals surface area contributed by atoms with Crippen LogP contribution in [0.3, 0.4) is 0 Å². The van der Waals surface area contributed by atoms with E-state index in [-0.39, 0.29) is 29.0 Å². The van der Waals surface area contributed by atoms with Gasteiger partial charge >= 0.3 is 0 Å². The van der Waals surface area contributed by atoms with Crippen LogP contribution >= 0.6 is 0 Å². The molecule has 1 amide bonds. The van der Waals surface area contributed by atoms with E-state index in [1.54, 1.807) is 4.90 Å². The van der Waals surface area contributed by atoms with E-state index in [1.807, 2.05) is 14.0 Å². The largest absolute Gasteiger partial charge is 0.508 e. The number of hydrogen-bond donors (Lipinski definition) is 2. The van der Waals surface area contributed by atoms with E-state index in [4.69, 9.17) is 0 Å². The molecule has 0 aromatic heterocycles. The highest BCUT2D eigenvalue weighted by molar-refractivity contribution is 5.97. The molecule has 2 N–H and O–H groups in total. The fraction of sp³-hybridized carbons (Fsp3) is 0.462. The molecule has 18 heavy (non-hydrogen) atoms. The summed E-state index contributed by atoms with van der Waals surface area (Å²) >= 11 is 0. The number of phenols is 2. The minimum absolute atomic E-state index is 0.0459. The average Bonchev–Trinajstić information content (AvgIpc) is 2.28. The molecular formula is C13H18N2O3. The molecule has 1 atom stereocenters. The van der Waals surface area contributed by atoms with E-state index in [0.717, 1.165) is 13.1 Å². The van der Waals surface area contributed by atoms with Crippen LogP contribution in [0.1, 0.15) is 17.3 Å². The molecule has 1 unspecified atom stereocenters. The molecule has 0 bridgehead atoms. The second kappa shape index (κ2) is 4.86. The number of benzene rings is 1. The van der Waals surface area contributed by atoms with Crippen LogP contribution in [0.15, 0.2) is 18.2 Å². The van der Waals surface area contributed by atoms with Crippen LogP contribution in [0.25, 0.3) is 0 Å². The van der Waals surface area contributed by atoms with E-state index in [2.05, 4.69) is 4.90 Å². The second-order valence-corrected chi connectivity index (χ2v) is 4.81. The van der Waals surface area contributed by atoms with Crippen molar-refractivity contribution in [2.45, 2.75) is 13.0 Å². The summed E-state index contributed by atoms with van der Waals surface area (Å²) in [6.45, 7) is 4.29. The first-order chi connectivity index (χ1) is 8.49. The van der Waals surface area contributed by atoms with E-state index >= 15 is 0 Å². The van der Waals surface area contributed by atoms with Gasteiger partial charge in [-0.1, -0.05) is 0 Å². The van der Waals surface area contributed by atoms with Gasteiger partial charge in [-0.15, -0.1) is 0 Å². The van der Waals surface area contributed by atoms with Crippen LogP contribution in [-0.2, 0) is 0 Å². The van der Waals surface area contributed by atoms with Gasteiger partial charge in [0.1, 0.15) is 11.5 Å². The van der Waals surface area contributed by atoms with Crippen molar-refractivity contribution in [2.24, 2.45) is 0 Å². The Morgan fingerprint density at radius 2 is 2.06 bits per heavy atom. The SMILES string of the molecule is CC1CN(C)CCN1C(=O)c1ccc(O)cc1O. The Labute approximate surface area is 106 Å². The average molecular weight is 250 g/mol. The summed E-state index contributed by atoms with van der Waals surface area (Å²) in [5.74, 6) is -0.408. The quantitative estimate of drug-likeness (QED) is 0.776. The Balaban J connectivity index is 2.20. The molecule has 0 aliphatic carbocycles. The van der Waals surface area contributed by atoms with E-state index in [9.17, 15) is 15.0 Å². The molecule has 5 heteroatoms. The number of amides is 1. The van der Waals surface area contributed by atoms with Crippen LogP contribution in [0, 0.1) is 0 Å². The molecule has 1 aliphatic rings. The molecule has 1 heterocycles. The van der Waals surface area contributed by atoms with Crippen molar-refractivity contribution in [2.75, 3.05) is 26.7 Å². The number of phenolic OH excluding ortho intramolecular Hbond substituents is 2. The third kappa shape index (κ3) is 2.41. The highest BCUT2D eigenvalue weighted by atomic mass is 16.3. The topological polar surface area (TPSA) is 64.0 Å². The molecule has 0 spiro atoms. The van der Waals surface area contributed by atoms with Crippen molar-refractivity contribution >= 4 is 5.91 Å². The molecule has 1 saturated heterocycles. The van der Waals surface area contributed by atoms with Crippen LogP contribution in [0.5, 0.6) is 11.5 Å². The molecule has 1 aromatic rings. The van der Waals surface area contributed by atoms with Gasteiger partial charge in [-0.05, 0) is 26.1 Å². The van der Waals surface area contributed by atoms with E-state index < -0.39 is 0 Å². The maximum Gasteiger partial charge on any atom is 0.257 e. The number of hydrogen-bond acceptors (Lipinski definition) is 4. The number of rotatable bonds is 1. The molecule has 1 aliphatic heterocycles. The Hall–Kier alpha value is -1.75. The summed E-state index contributed by atoms with van der Waals surface area (Å²) < 4.78 is 0. The molecule has 98 valence electrons. The maximum absolute atomic E-state index is 12.3. The van der Waals surface area contributed by atoms with Gasteiger partial charge < -0.3 is 20.0 Å². The Morgan fingerprint density at radius 3 is 2.67 bits per heavy atom. The van der Waals surface area contributed by atoms with Crippen LogP contribution in [-0.4, -0.2) is 58.6 Å². The first-order valence-electron chi connectivity index (χ1n) is 6.00. The van der Waals surface area contributed by atoms with Crippen molar-refractivity contribution in [3.05, 3.63) is 23.8 Å². The first-order valence-corrected chi connectivity index (χ1v) is 6.00. The monoisotopic (exact) mass is 250 g/mol. The molecule has 1 aromatic carbocycles. The van der Waals surface area contributed by atoms with Gasteiger partial charge in [0.15, 0.2) is 0 Å². The highest BCUT2D eigenvalue weighted by Crippen LogP contribution is 2.25. The van der Waals surface area contributed by atoms with Crippen molar-refractivity contribution in [1.82, 2.24) is 9.80 Å². The molecule has 0 radical (unpaired) electrons. The third-order valence-corrected chi connectivity index (χ3v) is 3.30. The van der Waals surface area contributed by atoms with Crippen molar-refractivity contribution in [3.8, 4) is 11.5 Å². The fourth-order valence-electron chi connectivity index (χ4n) is 2.30. The number of aromatic hydroxyl groups is 2. The molecule has 2 rings (SSSR count). The van der Waals surface area contributed by atoms with Gasteiger partial charge in [0, 0.05) is 31.7 Å². The lowest BCUT2D eigenvalue weighted by atomic mass is 10.1. The lowest BCUT2D eigenvalue weighted by Crippen LogP contribution is -2.52. The van der Waals surface area contributed by atoms with Crippen LogP contribution < -0.4 is 0 Å². The highest BCUT2D eigenvalue weighted by Gasteiger charge is 2.27. The molecule has 5 nitrogen and oxygen atoms in total. The van der Waals surface area contributed by atoms with Gasteiger partial charge in [0.05, 0.1) is 5.56 Å². The van der Waals surface area contributed by atoms with E-state index in [0.29, 0.717) is 6.54 Å². The summed E-state index contributed by atoms with van der Waals surface area (Å²) in [6, 6.07) is 4.17. The molecule has 0 saturated carbocycles. The normalized spacial score (nSPS) is 21.0. The number of carbonyl (C=O) groups is 1. The summed E-state index contributed by atoms with van der Waals surface area (Å²) in [6.07, 6.45) is 0. The summed E-state index contributed by atoms with van der Waals surface area (Å²) in [4.78, 5) is 16.2. The lowest BCUT2D eigenvalue weighted by Gasteiger charge is -2.38. The van der Waals surface area contributed by atoms with Crippen LogP contribution in [0.2, 0.25) is 0 Å². The minimum atomic E-state index is -0.187. The Bertz CT molecular complexity index is 462. The van der Waals surface area contributed by atoms with Gasteiger partial charge in [0.25, 0.3) is 5.91 Å². The number of nitrogens with zero attached hydrogens (tertiary/aromatic N) is 2. The molecular weight excluding hydrogens is 232 g/mol. The number of likely N-dealkylation sites (N-methyl/N-ethyl adjacent to an activating group) is 1. The van der Waals surface area contributed by atoms with Crippen LogP contribution in [0.4, 0.5) is 0 Å². The maximum atomic E-state index is 12.3. The zero-order chi connectivity index (χ0) is 13.3. The summed E-state index contributed by atoms with van der Waals surface area (Å²) in [5, 5.41) is 18.9. The van der Waals surface area contributed by atoms with Gasteiger partial charge in [-0.3, -0.25) is 4.79 Å². The second-order valence-electron chi connectivity index (χ2n) is 4.81. The Kier molecular flexibility index (Phi) is 3.43. The van der Waals surface area contributed by atoms with Crippen molar-refractivity contribution in [3.63, 3.8) is 0 Å². The zero-order valence-corrected chi connectivity index (χ0v) is 10.6. The smallest absolute Gasteiger partial charge is 0.257 e. The fourth-order valence-corrected chi connectivity index (χ4v) is 2.30. The van der Waals surface area contributed by atoms with Gasteiger partial charge in [-0.2, -0.15) is 0 Å². The van der Waals surface area contributed by atoms with Crippen molar-refractivity contribution in [1.29, 1.82) is 0 Å². The summed E-state index contributed by atoms with van der Waals surface area (Å²) in [7, 11) is 2.02. The first kappa shape index (κ1) is 12.7. The zero-order valence-electron chi connectivity index (χ0n) is 10.6.